The van der Waals surface area contributed by atoms with Crippen LogP contribution in [0, 0.1) is 17.4 Å². The summed E-state index contributed by atoms with van der Waals surface area (Å²) in [6, 6.07) is 16.4. The van der Waals surface area contributed by atoms with Gasteiger partial charge in [-0.25, -0.2) is 9.79 Å². The summed E-state index contributed by atoms with van der Waals surface area (Å²) in [5, 5.41) is 15.5. The minimum absolute atomic E-state index is 0.0121. The molecule has 0 bridgehead atoms. The molecule has 1 fully saturated rings. The first-order valence-electron chi connectivity index (χ1n) is 9.85. The van der Waals surface area contributed by atoms with Crippen molar-refractivity contribution >= 4 is 35.0 Å². The number of rotatable bonds is 3. The molecule has 1 aliphatic heterocycles. The van der Waals surface area contributed by atoms with E-state index in [9.17, 15) is 10.1 Å². The highest BCUT2D eigenvalue weighted by Gasteiger charge is 2.33. The number of benzene rings is 2. The zero-order chi connectivity index (χ0) is 21.5. The van der Waals surface area contributed by atoms with E-state index in [0.717, 1.165) is 5.69 Å². The Bertz CT molecular complexity index is 923. The number of guanidine groups is 1. The third-order valence-corrected chi connectivity index (χ3v) is 5.25. The molecule has 1 atom stereocenters. The molecule has 7 nitrogen and oxygen atoms in total. The van der Waals surface area contributed by atoms with Gasteiger partial charge >= 0.3 is 6.03 Å². The lowest BCUT2D eigenvalue weighted by atomic mass is 10.00. The van der Waals surface area contributed by atoms with E-state index in [2.05, 4.69) is 34.4 Å². The maximum Gasteiger partial charge on any atom is 0.321 e. The number of nitriles is 1. The number of piperazine rings is 1. The summed E-state index contributed by atoms with van der Waals surface area (Å²) in [7, 11) is 0. The fourth-order valence-corrected chi connectivity index (χ4v) is 3.53. The standard InChI is InChI=1S/C22H25ClN6O/c1-16(2)20-14-28(22(30)27-19-10-8-17(23)9-11-19)12-13-29(20)21(25-15-24)26-18-6-4-3-5-7-18/h3-11,16,20H,12-14H2,1-2H3,(H,25,26)(H,27,30). The molecular formula is C22H25ClN6O. The molecule has 0 saturated carbocycles. The van der Waals surface area contributed by atoms with Crippen molar-refractivity contribution in [1.82, 2.24) is 15.1 Å². The Morgan fingerprint density at radius 3 is 2.50 bits per heavy atom. The van der Waals surface area contributed by atoms with Crippen molar-refractivity contribution in [3.05, 3.63) is 59.6 Å². The van der Waals surface area contributed by atoms with Crippen molar-refractivity contribution in [2.45, 2.75) is 19.9 Å². The highest BCUT2D eigenvalue weighted by atomic mass is 35.5. The third-order valence-electron chi connectivity index (χ3n) is 5.00. The normalized spacial score (nSPS) is 16.9. The molecule has 2 aromatic rings. The van der Waals surface area contributed by atoms with E-state index >= 15 is 0 Å². The van der Waals surface area contributed by atoms with Gasteiger partial charge < -0.3 is 15.1 Å². The van der Waals surface area contributed by atoms with Crippen molar-refractivity contribution in [3.8, 4) is 6.19 Å². The predicted octanol–water partition coefficient (Wildman–Crippen LogP) is 4.27. The molecule has 2 amide bonds. The van der Waals surface area contributed by atoms with Crippen LogP contribution in [0.4, 0.5) is 16.2 Å². The summed E-state index contributed by atoms with van der Waals surface area (Å²) in [5.74, 6) is 0.748. The van der Waals surface area contributed by atoms with Crippen LogP contribution in [-0.2, 0) is 0 Å². The van der Waals surface area contributed by atoms with Gasteiger partial charge in [0.2, 0.25) is 5.96 Å². The van der Waals surface area contributed by atoms with Crippen LogP contribution < -0.4 is 10.6 Å². The molecule has 2 aromatic carbocycles. The van der Waals surface area contributed by atoms with E-state index in [1.807, 2.05) is 36.5 Å². The Hall–Kier alpha value is -3.24. The Labute approximate surface area is 182 Å². The molecule has 0 radical (unpaired) electrons. The molecule has 2 N–H and O–H groups in total. The second-order valence-electron chi connectivity index (χ2n) is 7.40. The zero-order valence-electron chi connectivity index (χ0n) is 17.0. The van der Waals surface area contributed by atoms with Crippen LogP contribution in [-0.4, -0.2) is 47.5 Å². The highest BCUT2D eigenvalue weighted by Crippen LogP contribution is 2.21. The van der Waals surface area contributed by atoms with Gasteiger partial charge in [0.1, 0.15) is 0 Å². The molecule has 1 unspecified atom stereocenters. The monoisotopic (exact) mass is 424 g/mol. The van der Waals surface area contributed by atoms with E-state index in [0.29, 0.717) is 36.3 Å². The van der Waals surface area contributed by atoms with Crippen LogP contribution >= 0.6 is 11.6 Å². The summed E-state index contributed by atoms with van der Waals surface area (Å²) < 4.78 is 0. The fraction of sp³-hybridized carbons (Fsp3) is 0.318. The molecule has 1 heterocycles. The average Bonchev–Trinajstić information content (AvgIpc) is 2.75. The minimum atomic E-state index is -0.155. The zero-order valence-corrected chi connectivity index (χ0v) is 17.8. The number of para-hydroxylation sites is 1. The van der Waals surface area contributed by atoms with Gasteiger partial charge in [0.05, 0.1) is 11.7 Å². The molecule has 8 heteroatoms. The number of nitrogens with one attached hydrogen (secondary N) is 2. The molecule has 30 heavy (non-hydrogen) atoms. The number of carbonyl (C=O) groups is 1. The van der Waals surface area contributed by atoms with Crippen LogP contribution in [0.5, 0.6) is 0 Å². The number of anilines is 1. The average molecular weight is 425 g/mol. The van der Waals surface area contributed by atoms with Crippen molar-refractivity contribution < 1.29 is 4.79 Å². The topological polar surface area (TPSA) is 83.8 Å². The number of urea groups is 1. The van der Waals surface area contributed by atoms with E-state index in [4.69, 9.17) is 11.6 Å². The second-order valence-corrected chi connectivity index (χ2v) is 7.83. The number of nitrogens with zero attached hydrogens (tertiary/aromatic N) is 4. The van der Waals surface area contributed by atoms with Crippen LogP contribution in [0.25, 0.3) is 0 Å². The summed E-state index contributed by atoms with van der Waals surface area (Å²) in [4.78, 5) is 21.3. The highest BCUT2D eigenvalue weighted by molar-refractivity contribution is 6.30. The van der Waals surface area contributed by atoms with Crippen molar-refractivity contribution in [3.63, 3.8) is 0 Å². The maximum absolute atomic E-state index is 12.8. The maximum atomic E-state index is 12.8. The van der Waals surface area contributed by atoms with Gasteiger partial charge in [-0.05, 0) is 42.3 Å². The number of amides is 2. The Morgan fingerprint density at radius 2 is 1.87 bits per heavy atom. The number of halogens is 1. The van der Waals surface area contributed by atoms with E-state index in [1.165, 1.54) is 0 Å². The summed E-state index contributed by atoms with van der Waals surface area (Å²) in [6.07, 6.45) is 1.99. The largest absolute Gasteiger partial charge is 0.335 e. The lowest BCUT2D eigenvalue weighted by molar-refractivity contribution is 0.118. The molecule has 3 rings (SSSR count). The second kappa shape index (κ2) is 9.99. The lowest BCUT2D eigenvalue weighted by Gasteiger charge is -2.44. The smallest absolute Gasteiger partial charge is 0.321 e. The van der Waals surface area contributed by atoms with Gasteiger partial charge in [-0.3, -0.25) is 5.32 Å². The molecule has 156 valence electrons. The Balaban J connectivity index is 1.75. The van der Waals surface area contributed by atoms with Crippen molar-refractivity contribution in [1.29, 1.82) is 5.26 Å². The summed E-state index contributed by atoms with van der Waals surface area (Å²) in [5.41, 5.74) is 1.46. The first-order valence-corrected chi connectivity index (χ1v) is 10.2. The van der Waals surface area contributed by atoms with Gasteiger partial charge in [-0.1, -0.05) is 43.6 Å². The predicted molar refractivity (Wildman–Crippen MR) is 120 cm³/mol. The molecule has 0 aromatic heterocycles. The first-order chi connectivity index (χ1) is 14.5. The van der Waals surface area contributed by atoms with Crippen LogP contribution in [0.3, 0.4) is 0 Å². The number of hydrogen-bond acceptors (Lipinski definition) is 3. The van der Waals surface area contributed by atoms with Gasteiger partial charge in [0.25, 0.3) is 0 Å². The van der Waals surface area contributed by atoms with Crippen molar-refractivity contribution in [2.24, 2.45) is 10.9 Å². The molecule has 0 aliphatic carbocycles. The van der Waals surface area contributed by atoms with Crippen LogP contribution in [0.2, 0.25) is 5.02 Å². The SMILES string of the molecule is CC(C)C1CN(C(=O)Nc2ccc(Cl)cc2)CCN1C(=Nc1ccccc1)NC#N. The first kappa shape index (κ1) is 21.5. The minimum Gasteiger partial charge on any atom is -0.335 e. The summed E-state index contributed by atoms with van der Waals surface area (Å²) in [6.45, 7) is 5.81. The third kappa shape index (κ3) is 5.43. The van der Waals surface area contributed by atoms with Gasteiger partial charge in [0.15, 0.2) is 6.19 Å². The van der Waals surface area contributed by atoms with E-state index < -0.39 is 0 Å². The van der Waals surface area contributed by atoms with Crippen LogP contribution in [0.1, 0.15) is 13.8 Å². The number of hydrogen-bond donors (Lipinski definition) is 2. The fourth-order valence-electron chi connectivity index (χ4n) is 3.40. The quantitative estimate of drug-likeness (QED) is 0.333. The summed E-state index contributed by atoms with van der Waals surface area (Å²) >= 11 is 5.91. The molecule has 0 spiro atoms. The van der Waals surface area contributed by atoms with Crippen LogP contribution in [0.15, 0.2) is 59.6 Å². The Morgan fingerprint density at radius 1 is 1.17 bits per heavy atom. The van der Waals surface area contributed by atoms with E-state index in [-0.39, 0.29) is 18.0 Å². The lowest BCUT2D eigenvalue weighted by Crippen LogP contribution is -2.60. The van der Waals surface area contributed by atoms with Gasteiger partial charge in [-0.15, -0.1) is 0 Å². The number of aliphatic imine (C=N–C) groups is 1. The molecule has 1 saturated heterocycles. The van der Waals surface area contributed by atoms with E-state index in [1.54, 1.807) is 29.2 Å². The van der Waals surface area contributed by atoms with Crippen molar-refractivity contribution in [2.75, 3.05) is 25.0 Å². The molecule has 1 aliphatic rings. The number of carbonyl (C=O) groups excluding carboxylic acids is 1. The molecular weight excluding hydrogens is 400 g/mol. The van der Waals surface area contributed by atoms with Gasteiger partial charge in [0, 0.05) is 30.3 Å². The Kier molecular flexibility index (Phi) is 7.15. The van der Waals surface area contributed by atoms with Gasteiger partial charge in [-0.2, -0.15) is 5.26 Å².